The number of nitrogens with zero attached hydrogens (tertiary/aromatic N) is 3. The Hall–Kier alpha value is -1.92. The Morgan fingerprint density at radius 1 is 0.857 bits per heavy atom. The molecule has 3 rings (SSSR count). The summed E-state index contributed by atoms with van der Waals surface area (Å²) in [5, 5.41) is 3.08. The number of nitrogens with one attached hydrogen (secondary N) is 1. The van der Waals surface area contributed by atoms with Crippen LogP contribution in [0.5, 0.6) is 0 Å². The molecule has 6 heteroatoms. The molecule has 6 nitrogen and oxygen atoms in total. The molecule has 2 heterocycles. The summed E-state index contributed by atoms with van der Waals surface area (Å²) in [6.07, 6.45) is 4.76. The smallest absolute Gasteiger partial charge is 0.236 e. The molecule has 1 aromatic rings. The van der Waals surface area contributed by atoms with Gasteiger partial charge in [-0.1, -0.05) is 43.2 Å². The van der Waals surface area contributed by atoms with E-state index >= 15 is 0 Å². The molecule has 0 bridgehead atoms. The van der Waals surface area contributed by atoms with Crippen molar-refractivity contribution in [3.8, 4) is 0 Å². The Labute approximate surface area is 168 Å². The Bertz CT molecular complexity index is 621. The fourth-order valence-electron chi connectivity index (χ4n) is 4.03. The summed E-state index contributed by atoms with van der Waals surface area (Å²) < 4.78 is 0. The maximum absolute atomic E-state index is 12.5. The topological polar surface area (TPSA) is 55.9 Å². The standard InChI is InChI=1S/C22H34N4O2/c1-19(20-9-5-4-6-10-20)23-21(27)17-24-13-15-25(16-14-24)18-22(28)26-11-7-2-3-8-12-26/h4-6,9-10,19H,2-3,7-8,11-18H2,1H3,(H,23,27). The van der Waals surface area contributed by atoms with Crippen molar-refractivity contribution in [2.24, 2.45) is 0 Å². The molecule has 0 saturated carbocycles. The molecular weight excluding hydrogens is 352 g/mol. The Kier molecular flexibility index (Phi) is 7.86. The number of rotatable bonds is 6. The van der Waals surface area contributed by atoms with Crippen LogP contribution in [-0.2, 0) is 9.59 Å². The van der Waals surface area contributed by atoms with Crippen LogP contribution in [-0.4, -0.2) is 78.9 Å². The zero-order valence-corrected chi connectivity index (χ0v) is 17.1. The molecule has 1 unspecified atom stereocenters. The fraction of sp³-hybridized carbons (Fsp3) is 0.636. The van der Waals surface area contributed by atoms with Crippen LogP contribution in [0.25, 0.3) is 0 Å². The van der Waals surface area contributed by atoms with Crippen LogP contribution in [0.1, 0.15) is 44.2 Å². The lowest BCUT2D eigenvalue weighted by atomic mass is 10.1. The zero-order valence-electron chi connectivity index (χ0n) is 17.1. The summed E-state index contributed by atoms with van der Waals surface area (Å²) in [5.41, 5.74) is 1.12. The summed E-state index contributed by atoms with van der Waals surface area (Å²) in [6, 6.07) is 10.0. The molecule has 2 amide bonds. The predicted molar refractivity (Wildman–Crippen MR) is 111 cm³/mol. The van der Waals surface area contributed by atoms with E-state index in [1.165, 1.54) is 12.8 Å². The van der Waals surface area contributed by atoms with E-state index in [9.17, 15) is 9.59 Å². The number of hydrogen-bond donors (Lipinski definition) is 1. The van der Waals surface area contributed by atoms with Gasteiger partial charge in [0, 0.05) is 39.3 Å². The normalized spacial score (nSPS) is 20.4. The first-order chi connectivity index (χ1) is 13.6. The molecule has 1 N–H and O–H groups in total. The van der Waals surface area contributed by atoms with Crippen LogP contribution in [0, 0.1) is 0 Å². The van der Waals surface area contributed by atoms with Crippen molar-refractivity contribution in [1.82, 2.24) is 20.0 Å². The molecule has 1 atom stereocenters. The highest BCUT2D eigenvalue weighted by Crippen LogP contribution is 2.12. The first-order valence-electron chi connectivity index (χ1n) is 10.7. The lowest BCUT2D eigenvalue weighted by Crippen LogP contribution is -2.52. The van der Waals surface area contributed by atoms with E-state index in [-0.39, 0.29) is 17.9 Å². The van der Waals surface area contributed by atoms with E-state index < -0.39 is 0 Å². The molecule has 28 heavy (non-hydrogen) atoms. The van der Waals surface area contributed by atoms with Gasteiger partial charge in [-0.2, -0.15) is 0 Å². The average molecular weight is 387 g/mol. The predicted octanol–water partition coefficient (Wildman–Crippen LogP) is 1.88. The fourth-order valence-corrected chi connectivity index (χ4v) is 4.03. The van der Waals surface area contributed by atoms with Gasteiger partial charge in [0.2, 0.25) is 11.8 Å². The summed E-state index contributed by atoms with van der Waals surface area (Å²) in [7, 11) is 0. The third-order valence-electron chi connectivity index (χ3n) is 5.83. The molecule has 2 fully saturated rings. The van der Waals surface area contributed by atoms with Crippen molar-refractivity contribution in [3.05, 3.63) is 35.9 Å². The highest BCUT2D eigenvalue weighted by molar-refractivity contribution is 5.79. The summed E-state index contributed by atoms with van der Waals surface area (Å²) in [5.74, 6) is 0.329. The second-order valence-corrected chi connectivity index (χ2v) is 8.05. The molecule has 0 spiro atoms. The van der Waals surface area contributed by atoms with Crippen LogP contribution in [0.2, 0.25) is 0 Å². The lowest BCUT2D eigenvalue weighted by Gasteiger charge is -2.35. The van der Waals surface area contributed by atoms with Crippen LogP contribution in [0.4, 0.5) is 0 Å². The zero-order chi connectivity index (χ0) is 19.8. The van der Waals surface area contributed by atoms with E-state index in [1.807, 2.05) is 42.2 Å². The molecule has 0 radical (unpaired) electrons. The molecule has 1 aromatic carbocycles. The summed E-state index contributed by atoms with van der Waals surface area (Å²) in [6.45, 7) is 8.15. The number of carbonyl (C=O) groups is 2. The van der Waals surface area contributed by atoms with E-state index in [0.29, 0.717) is 13.1 Å². The van der Waals surface area contributed by atoms with Crippen LogP contribution >= 0.6 is 0 Å². The molecule has 2 aliphatic rings. The van der Waals surface area contributed by atoms with Gasteiger partial charge >= 0.3 is 0 Å². The summed E-state index contributed by atoms with van der Waals surface area (Å²) in [4.78, 5) is 31.4. The maximum atomic E-state index is 12.5. The SMILES string of the molecule is CC(NC(=O)CN1CCN(CC(=O)N2CCCCCC2)CC1)c1ccccc1. The van der Waals surface area contributed by atoms with Crippen LogP contribution in [0.15, 0.2) is 30.3 Å². The molecule has 154 valence electrons. The largest absolute Gasteiger partial charge is 0.348 e. The van der Waals surface area contributed by atoms with Crippen molar-refractivity contribution < 1.29 is 9.59 Å². The van der Waals surface area contributed by atoms with E-state index in [4.69, 9.17) is 0 Å². The Morgan fingerprint density at radius 3 is 2.04 bits per heavy atom. The first kappa shape index (κ1) is 20.8. The van der Waals surface area contributed by atoms with E-state index in [0.717, 1.165) is 57.7 Å². The van der Waals surface area contributed by atoms with Crippen molar-refractivity contribution in [1.29, 1.82) is 0 Å². The molecule has 2 saturated heterocycles. The third-order valence-corrected chi connectivity index (χ3v) is 5.83. The number of benzene rings is 1. The third kappa shape index (κ3) is 6.31. The van der Waals surface area contributed by atoms with Crippen molar-refractivity contribution in [2.45, 2.75) is 38.6 Å². The van der Waals surface area contributed by atoms with Gasteiger partial charge in [-0.3, -0.25) is 19.4 Å². The Morgan fingerprint density at radius 2 is 1.43 bits per heavy atom. The molecular formula is C22H34N4O2. The number of likely N-dealkylation sites (tertiary alicyclic amines) is 1. The molecule has 2 aliphatic heterocycles. The van der Waals surface area contributed by atoms with E-state index in [2.05, 4.69) is 15.1 Å². The first-order valence-corrected chi connectivity index (χ1v) is 10.7. The molecule has 0 aliphatic carbocycles. The highest BCUT2D eigenvalue weighted by atomic mass is 16.2. The second kappa shape index (κ2) is 10.6. The number of carbonyl (C=O) groups excluding carboxylic acids is 2. The van der Waals surface area contributed by atoms with Gasteiger partial charge in [0.05, 0.1) is 19.1 Å². The van der Waals surface area contributed by atoms with Crippen LogP contribution < -0.4 is 5.32 Å². The quantitative estimate of drug-likeness (QED) is 0.811. The van der Waals surface area contributed by atoms with Crippen molar-refractivity contribution in [3.63, 3.8) is 0 Å². The minimum atomic E-state index is 0.0150. The van der Waals surface area contributed by atoms with Gasteiger partial charge < -0.3 is 10.2 Å². The maximum Gasteiger partial charge on any atom is 0.236 e. The summed E-state index contributed by atoms with van der Waals surface area (Å²) >= 11 is 0. The van der Waals surface area contributed by atoms with Gasteiger partial charge in [0.25, 0.3) is 0 Å². The van der Waals surface area contributed by atoms with E-state index in [1.54, 1.807) is 0 Å². The number of hydrogen-bond acceptors (Lipinski definition) is 4. The molecule has 0 aromatic heterocycles. The van der Waals surface area contributed by atoms with Gasteiger partial charge in [0.1, 0.15) is 0 Å². The number of amides is 2. The van der Waals surface area contributed by atoms with Gasteiger partial charge in [-0.15, -0.1) is 0 Å². The average Bonchev–Trinajstić information content (AvgIpc) is 3.00. The van der Waals surface area contributed by atoms with Gasteiger partial charge in [-0.25, -0.2) is 0 Å². The van der Waals surface area contributed by atoms with Crippen molar-refractivity contribution in [2.75, 3.05) is 52.4 Å². The van der Waals surface area contributed by atoms with Crippen LogP contribution in [0.3, 0.4) is 0 Å². The lowest BCUT2D eigenvalue weighted by molar-refractivity contribution is -0.133. The van der Waals surface area contributed by atoms with Gasteiger partial charge in [0.15, 0.2) is 0 Å². The minimum absolute atomic E-state index is 0.0150. The minimum Gasteiger partial charge on any atom is -0.348 e. The van der Waals surface area contributed by atoms with Crippen molar-refractivity contribution >= 4 is 11.8 Å². The van der Waals surface area contributed by atoms with Gasteiger partial charge in [-0.05, 0) is 25.3 Å². The second-order valence-electron chi connectivity index (χ2n) is 8.05. The Balaban J connectivity index is 1.36. The highest BCUT2D eigenvalue weighted by Gasteiger charge is 2.23. The number of piperazine rings is 1. The monoisotopic (exact) mass is 386 g/mol.